The number of rotatable bonds is 3. The highest BCUT2D eigenvalue weighted by molar-refractivity contribution is 7.95. The van der Waals surface area contributed by atoms with E-state index in [1.54, 1.807) is 6.20 Å². The zero-order valence-electron chi connectivity index (χ0n) is 7.51. The second-order valence-electron chi connectivity index (χ2n) is 2.68. The second-order valence-corrected chi connectivity index (χ2v) is 3.48. The van der Waals surface area contributed by atoms with Crippen LogP contribution in [0.25, 0.3) is 10.9 Å². The number of pyridine rings is 1. The Morgan fingerprint density at radius 1 is 1.29 bits per heavy atom. The van der Waals surface area contributed by atoms with Crippen molar-refractivity contribution in [3.8, 4) is 0 Å². The van der Waals surface area contributed by atoms with Gasteiger partial charge in [-0.25, -0.2) is 0 Å². The Morgan fingerprint density at radius 2 is 2.14 bits per heavy atom. The lowest BCUT2D eigenvalue weighted by molar-refractivity contribution is 0.569. The van der Waals surface area contributed by atoms with E-state index in [1.807, 2.05) is 30.3 Å². The lowest BCUT2D eigenvalue weighted by Gasteiger charge is -2.02. The van der Waals surface area contributed by atoms with E-state index in [0.29, 0.717) is 0 Å². The topological polar surface area (TPSA) is 22.1 Å². The minimum atomic E-state index is 0.960. The van der Waals surface area contributed by atoms with Gasteiger partial charge in [0.1, 0.15) is 0 Å². The summed E-state index contributed by atoms with van der Waals surface area (Å²) >= 11 is 1.27. The molecule has 0 saturated heterocycles. The van der Waals surface area contributed by atoms with Gasteiger partial charge < -0.3 is 4.18 Å². The average molecular weight is 203 g/mol. The largest absolute Gasteiger partial charge is 0.429 e. The molecule has 0 saturated carbocycles. The van der Waals surface area contributed by atoms with Crippen molar-refractivity contribution in [1.82, 2.24) is 4.98 Å². The van der Waals surface area contributed by atoms with Crippen molar-refractivity contribution in [3.63, 3.8) is 0 Å². The summed E-state index contributed by atoms with van der Waals surface area (Å²) in [6, 6.07) is 9.94. The summed E-state index contributed by atoms with van der Waals surface area (Å²) in [7, 11) is 0. The van der Waals surface area contributed by atoms with Crippen molar-refractivity contribution in [1.29, 1.82) is 0 Å². The van der Waals surface area contributed by atoms with Crippen molar-refractivity contribution >= 4 is 22.9 Å². The molecule has 2 aromatic rings. The minimum absolute atomic E-state index is 0.960. The molecule has 0 radical (unpaired) electrons. The highest BCUT2D eigenvalue weighted by Crippen LogP contribution is 2.26. The Labute approximate surface area is 86.8 Å². The molecule has 0 N–H and O–H groups in total. The van der Waals surface area contributed by atoms with Crippen LogP contribution in [0.3, 0.4) is 0 Å². The van der Waals surface area contributed by atoms with E-state index < -0.39 is 0 Å². The summed E-state index contributed by atoms with van der Waals surface area (Å²) in [6.45, 7) is 3.49. The van der Waals surface area contributed by atoms with Gasteiger partial charge in [-0.05, 0) is 12.1 Å². The highest BCUT2D eigenvalue weighted by atomic mass is 32.2. The second kappa shape index (κ2) is 4.15. The molecule has 0 unspecified atom stereocenters. The number of hydrogen-bond acceptors (Lipinski definition) is 3. The predicted octanol–water partition coefficient (Wildman–Crippen LogP) is 3.40. The van der Waals surface area contributed by atoms with E-state index in [0.717, 1.165) is 15.8 Å². The lowest BCUT2D eigenvalue weighted by atomic mass is 10.2. The predicted molar refractivity (Wildman–Crippen MR) is 58.9 cm³/mol. The molecule has 3 heteroatoms. The van der Waals surface area contributed by atoms with Crippen LogP contribution in [0.5, 0.6) is 0 Å². The monoisotopic (exact) mass is 203 g/mol. The number of benzene rings is 1. The summed E-state index contributed by atoms with van der Waals surface area (Å²) in [5, 5.41) is 1.12. The number of nitrogens with zero attached hydrogens (tertiary/aromatic N) is 1. The maximum atomic E-state index is 5.07. The van der Waals surface area contributed by atoms with Crippen LogP contribution in [0, 0.1) is 0 Å². The van der Waals surface area contributed by atoms with E-state index in [9.17, 15) is 0 Å². The highest BCUT2D eigenvalue weighted by Gasteiger charge is 2.01. The fourth-order valence-corrected chi connectivity index (χ4v) is 1.78. The summed E-state index contributed by atoms with van der Waals surface area (Å²) in [5.74, 6) is 0. The lowest BCUT2D eigenvalue weighted by Crippen LogP contribution is -1.80. The van der Waals surface area contributed by atoms with Crippen molar-refractivity contribution in [2.24, 2.45) is 0 Å². The molecule has 1 aromatic carbocycles. The molecule has 0 aliphatic heterocycles. The normalized spacial score (nSPS) is 10.0. The van der Waals surface area contributed by atoms with E-state index in [1.165, 1.54) is 18.3 Å². The summed E-state index contributed by atoms with van der Waals surface area (Å²) in [4.78, 5) is 5.30. The quantitative estimate of drug-likeness (QED) is 0.563. The fourth-order valence-electron chi connectivity index (χ4n) is 1.23. The van der Waals surface area contributed by atoms with Crippen molar-refractivity contribution in [3.05, 3.63) is 49.4 Å². The molecule has 70 valence electrons. The van der Waals surface area contributed by atoms with Crippen LogP contribution in [-0.4, -0.2) is 4.98 Å². The van der Waals surface area contributed by atoms with E-state index in [4.69, 9.17) is 4.18 Å². The Kier molecular flexibility index (Phi) is 2.70. The third kappa shape index (κ3) is 1.72. The number of hydrogen-bond donors (Lipinski definition) is 0. The smallest absolute Gasteiger partial charge is 0.0943 e. The third-order valence-electron chi connectivity index (χ3n) is 1.80. The molecule has 0 amide bonds. The van der Waals surface area contributed by atoms with Gasteiger partial charge in [0.25, 0.3) is 0 Å². The Bertz CT molecular complexity index is 450. The van der Waals surface area contributed by atoms with Crippen LogP contribution < -0.4 is 0 Å². The van der Waals surface area contributed by atoms with Crippen molar-refractivity contribution < 1.29 is 4.18 Å². The Hall–Kier alpha value is -1.48. The first kappa shape index (κ1) is 9.09. The van der Waals surface area contributed by atoms with Gasteiger partial charge in [0, 0.05) is 11.6 Å². The SMILES string of the molecule is C=COSc1cccc2cccnc12. The zero-order valence-corrected chi connectivity index (χ0v) is 8.33. The molecule has 14 heavy (non-hydrogen) atoms. The van der Waals surface area contributed by atoms with Gasteiger partial charge in [0.2, 0.25) is 0 Å². The van der Waals surface area contributed by atoms with Crippen LogP contribution in [-0.2, 0) is 4.18 Å². The van der Waals surface area contributed by atoms with Gasteiger partial charge >= 0.3 is 0 Å². The first-order chi connectivity index (χ1) is 6.92. The number of fused-ring (bicyclic) bond motifs is 1. The molecule has 0 fully saturated rings. The van der Waals surface area contributed by atoms with Gasteiger partial charge in [-0.1, -0.05) is 24.8 Å². The van der Waals surface area contributed by atoms with Crippen LogP contribution in [0.1, 0.15) is 0 Å². The maximum Gasteiger partial charge on any atom is 0.0943 e. The summed E-state index contributed by atoms with van der Waals surface area (Å²) in [5.41, 5.74) is 0.960. The average Bonchev–Trinajstić information content (AvgIpc) is 2.26. The van der Waals surface area contributed by atoms with Crippen LogP contribution in [0.4, 0.5) is 0 Å². The van der Waals surface area contributed by atoms with Crippen molar-refractivity contribution in [2.45, 2.75) is 4.90 Å². The molecule has 1 heterocycles. The Morgan fingerprint density at radius 3 is 3.00 bits per heavy atom. The van der Waals surface area contributed by atoms with Crippen LogP contribution >= 0.6 is 12.0 Å². The molecular weight excluding hydrogens is 194 g/mol. The van der Waals surface area contributed by atoms with E-state index in [2.05, 4.69) is 11.6 Å². The molecule has 2 rings (SSSR count). The molecule has 0 aliphatic carbocycles. The maximum absolute atomic E-state index is 5.07. The van der Waals surface area contributed by atoms with E-state index >= 15 is 0 Å². The fraction of sp³-hybridized carbons (Fsp3) is 0. The first-order valence-corrected chi connectivity index (χ1v) is 4.94. The van der Waals surface area contributed by atoms with Gasteiger partial charge in [0.05, 0.1) is 28.7 Å². The van der Waals surface area contributed by atoms with Crippen molar-refractivity contribution in [2.75, 3.05) is 0 Å². The molecule has 2 nitrogen and oxygen atoms in total. The van der Waals surface area contributed by atoms with Gasteiger partial charge in [0.15, 0.2) is 0 Å². The number of aromatic nitrogens is 1. The molecular formula is C11H9NOS. The molecule has 0 atom stereocenters. The molecule has 0 spiro atoms. The minimum Gasteiger partial charge on any atom is -0.429 e. The zero-order chi connectivity index (χ0) is 9.80. The summed E-state index contributed by atoms with van der Waals surface area (Å²) < 4.78 is 5.07. The van der Waals surface area contributed by atoms with Gasteiger partial charge in [-0.3, -0.25) is 4.98 Å². The third-order valence-corrected chi connectivity index (χ3v) is 2.54. The summed E-state index contributed by atoms with van der Waals surface area (Å²) in [6.07, 6.45) is 3.19. The van der Waals surface area contributed by atoms with E-state index in [-0.39, 0.29) is 0 Å². The standard InChI is InChI=1S/C11H9NOS/c1-2-13-14-10-7-3-5-9-6-4-8-12-11(9)10/h2-8H,1H2. The van der Waals surface area contributed by atoms with Gasteiger partial charge in [-0.2, -0.15) is 0 Å². The number of para-hydroxylation sites is 1. The van der Waals surface area contributed by atoms with Crippen LogP contribution in [0.15, 0.2) is 54.3 Å². The van der Waals surface area contributed by atoms with Gasteiger partial charge in [-0.15, -0.1) is 0 Å². The molecule has 0 bridgehead atoms. The van der Waals surface area contributed by atoms with Crippen LogP contribution in [0.2, 0.25) is 0 Å². The molecule has 0 aliphatic rings. The Balaban J connectivity index is 2.48. The molecule has 1 aromatic heterocycles. The first-order valence-electron chi connectivity index (χ1n) is 4.20.